The lowest BCUT2D eigenvalue weighted by Gasteiger charge is -2.41. The molecule has 1 fully saturated rings. The monoisotopic (exact) mass is 295 g/mol. The molecule has 21 heavy (non-hydrogen) atoms. The summed E-state index contributed by atoms with van der Waals surface area (Å²) in [6, 6.07) is 4.27. The van der Waals surface area contributed by atoms with Gasteiger partial charge < -0.3 is 4.74 Å². The fraction of sp³-hybridized carbons (Fsp3) is 0.533. The molecule has 1 heterocycles. The third-order valence-corrected chi connectivity index (χ3v) is 3.47. The second-order valence-electron chi connectivity index (χ2n) is 6.14. The first-order valence-corrected chi connectivity index (χ1v) is 7.00. The Labute approximate surface area is 124 Å². The fourth-order valence-corrected chi connectivity index (χ4v) is 2.87. The van der Waals surface area contributed by atoms with E-state index in [0.29, 0.717) is 24.2 Å². The topological polar surface area (TPSA) is 67.6 Å². The normalized spacial score (nSPS) is 22.0. The van der Waals surface area contributed by atoms with Crippen molar-refractivity contribution >= 4 is 5.91 Å². The maximum atomic E-state index is 14.0. The molecule has 0 saturated carbocycles. The van der Waals surface area contributed by atoms with Gasteiger partial charge >= 0.3 is 0 Å². The molecule has 0 aromatic heterocycles. The molecule has 1 unspecified atom stereocenters. The van der Waals surface area contributed by atoms with Crippen LogP contribution in [-0.2, 0) is 11.3 Å². The van der Waals surface area contributed by atoms with Crippen LogP contribution in [0.3, 0.4) is 0 Å². The van der Waals surface area contributed by atoms with E-state index in [1.807, 2.05) is 20.8 Å². The zero-order chi connectivity index (χ0) is 15.6. The molecule has 2 rings (SSSR count). The van der Waals surface area contributed by atoms with Crippen LogP contribution < -0.4 is 11.3 Å². The van der Waals surface area contributed by atoms with E-state index in [1.54, 1.807) is 6.07 Å². The van der Waals surface area contributed by atoms with Crippen LogP contribution in [0.4, 0.5) is 4.39 Å². The molecule has 1 saturated heterocycles. The van der Waals surface area contributed by atoms with E-state index in [-0.39, 0.29) is 17.5 Å². The summed E-state index contributed by atoms with van der Waals surface area (Å²) in [7, 11) is 0. The molecule has 0 radical (unpaired) electrons. The predicted molar refractivity (Wildman–Crippen MR) is 78.0 cm³/mol. The Morgan fingerprint density at radius 2 is 2.29 bits per heavy atom. The summed E-state index contributed by atoms with van der Waals surface area (Å²) in [4.78, 5) is 13.7. The van der Waals surface area contributed by atoms with Gasteiger partial charge in [0.25, 0.3) is 5.91 Å². The average Bonchev–Trinajstić information content (AvgIpc) is 2.38. The minimum atomic E-state index is -0.424. The van der Waals surface area contributed by atoms with Gasteiger partial charge in [-0.15, -0.1) is 0 Å². The van der Waals surface area contributed by atoms with Crippen LogP contribution in [0.2, 0.25) is 0 Å². The van der Waals surface area contributed by atoms with Crippen LogP contribution in [0.1, 0.15) is 36.7 Å². The number of halogens is 1. The Morgan fingerprint density at radius 1 is 1.57 bits per heavy atom. The van der Waals surface area contributed by atoms with Gasteiger partial charge in [-0.05, 0) is 39.0 Å². The van der Waals surface area contributed by atoms with Gasteiger partial charge in [0, 0.05) is 30.8 Å². The molecule has 1 aromatic rings. The summed E-state index contributed by atoms with van der Waals surface area (Å²) in [5.41, 5.74) is 2.64. The molecule has 1 aromatic carbocycles. The minimum Gasteiger partial charge on any atom is -0.370 e. The van der Waals surface area contributed by atoms with Gasteiger partial charge in [0.05, 0.1) is 11.7 Å². The molecule has 1 atom stereocenters. The number of nitrogens with zero attached hydrogens (tertiary/aromatic N) is 1. The van der Waals surface area contributed by atoms with Gasteiger partial charge in [0.1, 0.15) is 5.82 Å². The lowest BCUT2D eigenvalue weighted by molar-refractivity contribution is -0.130. The number of morpholine rings is 1. The number of carbonyl (C=O) groups is 1. The number of hydrazine groups is 1. The van der Waals surface area contributed by atoms with Gasteiger partial charge in [-0.3, -0.25) is 15.1 Å². The third kappa shape index (κ3) is 4.00. The van der Waals surface area contributed by atoms with E-state index in [0.717, 1.165) is 6.54 Å². The summed E-state index contributed by atoms with van der Waals surface area (Å²) >= 11 is 0. The third-order valence-electron chi connectivity index (χ3n) is 3.47. The smallest absolute Gasteiger partial charge is 0.265 e. The van der Waals surface area contributed by atoms with E-state index in [9.17, 15) is 9.18 Å². The van der Waals surface area contributed by atoms with Crippen molar-refractivity contribution in [3.8, 4) is 0 Å². The number of nitrogens with one attached hydrogen (secondary N) is 1. The molecule has 1 aliphatic heterocycles. The Hall–Kier alpha value is -1.50. The molecule has 1 aliphatic rings. The minimum absolute atomic E-state index is 0.0901. The molecular formula is C15H22FN3O2. The van der Waals surface area contributed by atoms with Crippen LogP contribution in [0.15, 0.2) is 18.2 Å². The molecule has 0 aliphatic carbocycles. The fourth-order valence-electron chi connectivity index (χ4n) is 2.87. The Morgan fingerprint density at radius 3 is 2.90 bits per heavy atom. The van der Waals surface area contributed by atoms with Gasteiger partial charge in [-0.25, -0.2) is 10.2 Å². The highest BCUT2D eigenvalue weighted by Crippen LogP contribution is 2.23. The first-order valence-electron chi connectivity index (χ1n) is 7.00. The maximum absolute atomic E-state index is 14.0. The standard InChI is InChI=1S/C15H22FN3O2/c1-10-7-19(9-15(2,3)21-10)8-12-6-11(14(20)18-17)4-5-13(12)16/h4-6,10H,7-9,17H2,1-3H3,(H,18,20). The molecule has 0 spiro atoms. The van der Waals surface area contributed by atoms with Gasteiger partial charge in [0.2, 0.25) is 0 Å². The largest absolute Gasteiger partial charge is 0.370 e. The van der Waals surface area contributed by atoms with Crippen molar-refractivity contribution in [3.05, 3.63) is 35.1 Å². The van der Waals surface area contributed by atoms with Crippen LogP contribution >= 0.6 is 0 Å². The van der Waals surface area contributed by atoms with Crippen molar-refractivity contribution in [1.29, 1.82) is 0 Å². The van der Waals surface area contributed by atoms with Crippen LogP contribution in [-0.4, -0.2) is 35.6 Å². The number of ether oxygens (including phenoxy) is 1. The summed E-state index contributed by atoms with van der Waals surface area (Å²) in [6.45, 7) is 7.92. The zero-order valence-corrected chi connectivity index (χ0v) is 12.6. The first-order chi connectivity index (χ1) is 9.80. The Balaban J connectivity index is 2.17. The highest BCUT2D eigenvalue weighted by Gasteiger charge is 2.31. The predicted octanol–water partition coefficient (Wildman–Crippen LogP) is 1.43. The molecule has 5 nitrogen and oxygen atoms in total. The van der Waals surface area contributed by atoms with E-state index in [4.69, 9.17) is 10.6 Å². The van der Waals surface area contributed by atoms with E-state index >= 15 is 0 Å². The highest BCUT2D eigenvalue weighted by atomic mass is 19.1. The molecule has 116 valence electrons. The number of hydrogen-bond acceptors (Lipinski definition) is 4. The van der Waals surface area contributed by atoms with Crippen LogP contribution in [0.25, 0.3) is 0 Å². The van der Waals surface area contributed by atoms with E-state index in [1.165, 1.54) is 12.1 Å². The number of nitrogen functional groups attached to an aromatic ring is 1. The lowest BCUT2D eigenvalue weighted by atomic mass is 10.0. The summed E-state index contributed by atoms with van der Waals surface area (Å²) in [5, 5.41) is 0. The number of amides is 1. The number of benzene rings is 1. The Kier molecular flexibility index (Phi) is 4.61. The van der Waals surface area contributed by atoms with Gasteiger partial charge in [0.15, 0.2) is 0 Å². The summed E-state index contributed by atoms with van der Waals surface area (Å²) < 4.78 is 19.8. The van der Waals surface area contributed by atoms with Crippen molar-refractivity contribution in [2.75, 3.05) is 13.1 Å². The van der Waals surface area contributed by atoms with Crippen LogP contribution in [0, 0.1) is 5.82 Å². The average molecular weight is 295 g/mol. The lowest BCUT2D eigenvalue weighted by Crippen LogP contribution is -2.51. The quantitative estimate of drug-likeness (QED) is 0.503. The van der Waals surface area contributed by atoms with Gasteiger partial charge in [-0.1, -0.05) is 0 Å². The van der Waals surface area contributed by atoms with Crippen LogP contribution in [0.5, 0.6) is 0 Å². The van der Waals surface area contributed by atoms with Crippen molar-refractivity contribution in [1.82, 2.24) is 10.3 Å². The zero-order valence-electron chi connectivity index (χ0n) is 12.6. The molecule has 6 heteroatoms. The molecule has 0 bridgehead atoms. The van der Waals surface area contributed by atoms with Crippen molar-refractivity contribution in [2.24, 2.45) is 5.84 Å². The van der Waals surface area contributed by atoms with E-state index in [2.05, 4.69) is 10.3 Å². The number of hydrogen-bond donors (Lipinski definition) is 2. The second kappa shape index (κ2) is 6.09. The summed E-state index contributed by atoms with van der Waals surface area (Å²) in [6.07, 6.45) is 0.0901. The molecular weight excluding hydrogens is 273 g/mol. The van der Waals surface area contributed by atoms with Crippen molar-refractivity contribution in [3.63, 3.8) is 0 Å². The van der Waals surface area contributed by atoms with E-state index < -0.39 is 5.91 Å². The van der Waals surface area contributed by atoms with Crippen molar-refractivity contribution < 1.29 is 13.9 Å². The number of carbonyl (C=O) groups excluding carboxylic acids is 1. The number of nitrogens with two attached hydrogens (primary N) is 1. The Bertz CT molecular complexity index is 534. The second-order valence-corrected chi connectivity index (χ2v) is 6.14. The highest BCUT2D eigenvalue weighted by molar-refractivity contribution is 5.93. The van der Waals surface area contributed by atoms with Gasteiger partial charge in [-0.2, -0.15) is 0 Å². The van der Waals surface area contributed by atoms with Crippen molar-refractivity contribution in [2.45, 2.75) is 39.0 Å². The molecule has 3 N–H and O–H groups in total. The summed E-state index contributed by atoms with van der Waals surface area (Å²) in [5.74, 6) is 4.37. The SMILES string of the molecule is CC1CN(Cc2cc(C(=O)NN)ccc2F)CC(C)(C)O1. The molecule has 1 amide bonds. The first kappa shape index (κ1) is 15.9. The number of rotatable bonds is 3. The maximum Gasteiger partial charge on any atom is 0.265 e.